The molecule has 1 N–H and O–H groups in total. The quantitative estimate of drug-likeness (QED) is 0.293. The fourth-order valence-electron chi connectivity index (χ4n) is 3.83. The van der Waals surface area contributed by atoms with Crippen molar-refractivity contribution in [3.8, 4) is 23.0 Å². The number of carbonyl (C=O) groups excluding carboxylic acids is 1. The summed E-state index contributed by atoms with van der Waals surface area (Å²) in [6.45, 7) is 0.283. The summed E-state index contributed by atoms with van der Waals surface area (Å²) in [5, 5.41) is 2.55. The maximum Gasteiger partial charge on any atom is 0.416 e. The van der Waals surface area contributed by atoms with Crippen molar-refractivity contribution in [2.45, 2.75) is 18.5 Å². The summed E-state index contributed by atoms with van der Waals surface area (Å²) in [7, 11) is 0. The Labute approximate surface area is 188 Å². The number of hydrogen-bond donors (Lipinski definition) is 1. The van der Waals surface area contributed by atoms with Gasteiger partial charge in [0.25, 0.3) is 0 Å². The average Bonchev–Trinajstić information content (AvgIpc) is 3.11. The molecule has 4 rings (SSSR count). The number of hydrogen-bond acceptors (Lipinski definition) is 2. The molecule has 0 bridgehead atoms. The van der Waals surface area contributed by atoms with Crippen molar-refractivity contribution >= 4 is 6.09 Å². The lowest BCUT2D eigenvalue weighted by Crippen LogP contribution is -2.26. The number of amides is 1. The molecule has 7 heteroatoms. The predicted molar refractivity (Wildman–Crippen MR) is 116 cm³/mol. The van der Waals surface area contributed by atoms with Gasteiger partial charge in [0.1, 0.15) is 12.4 Å². The Morgan fingerprint density at radius 1 is 0.970 bits per heavy atom. The topological polar surface area (TPSA) is 38.3 Å². The van der Waals surface area contributed by atoms with Crippen LogP contribution in [0.2, 0.25) is 0 Å². The van der Waals surface area contributed by atoms with Crippen LogP contribution in [0.3, 0.4) is 0 Å². The number of carbonyl (C=O) groups is 1. The van der Waals surface area contributed by atoms with E-state index < -0.39 is 23.7 Å². The number of nitrogens with one attached hydrogen (secondary N) is 1. The van der Waals surface area contributed by atoms with E-state index in [-0.39, 0.29) is 31.1 Å². The maximum atomic E-state index is 13.7. The zero-order chi connectivity index (χ0) is 23.4. The Balaban J connectivity index is 1.30. The molecular weight excluding hydrogens is 434 g/mol. The van der Waals surface area contributed by atoms with Gasteiger partial charge in [0.05, 0.1) is 11.1 Å². The average molecular weight is 453 g/mol. The van der Waals surface area contributed by atoms with Crippen LogP contribution in [0.25, 0.3) is 11.1 Å². The summed E-state index contributed by atoms with van der Waals surface area (Å²) >= 11 is 0. The molecule has 3 nitrogen and oxygen atoms in total. The molecule has 1 amide bonds. The van der Waals surface area contributed by atoms with Crippen LogP contribution >= 0.6 is 0 Å². The molecule has 1 aliphatic rings. The van der Waals surface area contributed by atoms with E-state index in [2.05, 4.69) is 17.2 Å². The van der Waals surface area contributed by atoms with Crippen LogP contribution in [0, 0.1) is 17.7 Å². The van der Waals surface area contributed by atoms with Gasteiger partial charge in [-0.25, -0.2) is 9.18 Å². The lowest BCUT2D eigenvalue weighted by atomic mass is 9.98. The number of halogens is 4. The first-order valence-corrected chi connectivity index (χ1v) is 10.3. The summed E-state index contributed by atoms with van der Waals surface area (Å²) in [5.74, 6) is 4.06. The molecule has 3 aromatic rings. The molecule has 0 spiro atoms. The van der Waals surface area contributed by atoms with E-state index in [1.807, 2.05) is 48.5 Å². The van der Waals surface area contributed by atoms with Gasteiger partial charge < -0.3 is 10.1 Å². The first-order chi connectivity index (χ1) is 15.8. The van der Waals surface area contributed by atoms with Crippen molar-refractivity contribution in [1.82, 2.24) is 5.32 Å². The highest BCUT2D eigenvalue weighted by molar-refractivity contribution is 5.79. The van der Waals surface area contributed by atoms with Gasteiger partial charge in [0, 0.05) is 18.9 Å². The number of alkyl halides is 3. The number of benzene rings is 3. The summed E-state index contributed by atoms with van der Waals surface area (Å²) in [4.78, 5) is 12.1. The van der Waals surface area contributed by atoms with Crippen molar-refractivity contribution in [3.05, 3.63) is 94.8 Å². The fourth-order valence-corrected chi connectivity index (χ4v) is 3.83. The highest BCUT2D eigenvalue weighted by Crippen LogP contribution is 2.44. The highest BCUT2D eigenvalue weighted by Gasteiger charge is 2.31. The lowest BCUT2D eigenvalue weighted by Gasteiger charge is -2.14. The minimum atomic E-state index is -4.57. The summed E-state index contributed by atoms with van der Waals surface area (Å²) in [6, 6.07) is 18.0. The van der Waals surface area contributed by atoms with Crippen LogP contribution in [0.1, 0.15) is 34.6 Å². The summed E-state index contributed by atoms with van der Waals surface area (Å²) in [5.41, 5.74) is 3.13. The molecule has 33 heavy (non-hydrogen) atoms. The minimum absolute atomic E-state index is 0.0631. The predicted octanol–water partition coefficient (Wildman–Crippen LogP) is 6.12. The second-order valence-electron chi connectivity index (χ2n) is 7.50. The van der Waals surface area contributed by atoms with Gasteiger partial charge in [-0.2, -0.15) is 13.2 Å². The van der Waals surface area contributed by atoms with Crippen LogP contribution < -0.4 is 5.32 Å². The normalized spacial score (nSPS) is 12.4. The van der Waals surface area contributed by atoms with Crippen molar-refractivity contribution in [1.29, 1.82) is 0 Å². The molecule has 0 radical (unpaired) electrons. The first-order valence-electron chi connectivity index (χ1n) is 10.3. The van der Waals surface area contributed by atoms with E-state index in [1.165, 1.54) is 0 Å². The zero-order valence-electron chi connectivity index (χ0n) is 17.4. The Bertz CT molecular complexity index is 1200. The lowest BCUT2D eigenvalue weighted by molar-refractivity contribution is -0.137. The molecule has 1 aliphatic carbocycles. The van der Waals surface area contributed by atoms with Crippen LogP contribution in [-0.4, -0.2) is 19.2 Å². The van der Waals surface area contributed by atoms with Crippen molar-refractivity contribution in [3.63, 3.8) is 0 Å². The van der Waals surface area contributed by atoms with Gasteiger partial charge >= 0.3 is 12.3 Å². The summed E-state index contributed by atoms with van der Waals surface area (Å²) in [6.07, 6.45) is -5.07. The molecule has 0 saturated heterocycles. The second-order valence-corrected chi connectivity index (χ2v) is 7.50. The van der Waals surface area contributed by atoms with E-state index in [0.29, 0.717) is 12.1 Å². The van der Waals surface area contributed by atoms with Crippen LogP contribution in [0.4, 0.5) is 22.4 Å². The van der Waals surface area contributed by atoms with E-state index in [4.69, 9.17) is 4.74 Å². The monoisotopic (exact) mass is 453 g/mol. The van der Waals surface area contributed by atoms with Gasteiger partial charge in [-0.3, -0.25) is 0 Å². The van der Waals surface area contributed by atoms with E-state index in [1.54, 1.807) is 0 Å². The van der Waals surface area contributed by atoms with Gasteiger partial charge in [0.15, 0.2) is 0 Å². The number of rotatable bonds is 4. The first kappa shape index (κ1) is 22.4. The van der Waals surface area contributed by atoms with E-state index in [0.717, 1.165) is 28.3 Å². The smallest absolute Gasteiger partial charge is 0.416 e. The Morgan fingerprint density at radius 3 is 2.24 bits per heavy atom. The van der Waals surface area contributed by atoms with Crippen molar-refractivity contribution in [2.24, 2.45) is 0 Å². The largest absolute Gasteiger partial charge is 0.449 e. The molecule has 0 heterocycles. The molecule has 0 unspecified atom stereocenters. The molecule has 0 saturated carbocycles. The molecular formula is C26H19F4NO2. The Morgan fingerprint density at radius 2 is 1.61 bits per heavy atom. The standard InChI is InChI=1S/C26H19F4NO2/c27-24-13-12-18(26(28,29)30)15-17(24)7-5-6-14-31-25(32)33-16-23-21-10-3-1-8-19(21)20-9-2-4-11-22(20)23/h1-4,8-13,15,23H,6,14,16H2,(H,31,32). The Hall–Kier alpha value is -3.79. The van der Waals surface area contributed by atoms with Crippen molar-refractivity contribution in [2.75, 3.05) is 13.2 Å². The minimum Gasteiger partial charge on any atom is -0.449 e. The van der Waals surface area contributed by atoms with Gasteiger partial charge in [-0.15, -0.1) is 0 Å². The third-order valence-electron chi connectivity index (χ3n) is 5.38. The van der Waals surface area contributed by atoms with Gasteiger partial charge in [-0.05, 0) is 40.5 Å². The molecule has 0 fully saturated rings. The van der Waals surface area contributed by atoms with Crippen LogP contribution in [0.15, 0.2) is 66.7 Å². The number of ether oxygens (including phenoxy) is 1. The third-order valence-corrected chi connectivity index (χ3v) is 5.38. The SMILES string of the molecule is O=C(NCCC#Cc1cc(C(F)(F)F)ccc1F)OCC1c2ccccc2-c2ccccc21. The van der Waals surface area contributed by atoms with Crippen LogP contribution in [-0.2, 0) is 10.9 Å². The highest BCUT2D eigenvalue weighted by atomic mass is 19.4. The fraction of sp³-hybridized carbons (Fsp3) is 0.192. The molecule has 168 valence electrons. The van der Waals surface area contributed by atoms with Gasteiger partial charge in [-0.1, -0.05) is 60.4 Å². The molecule has 0 aliphatic heterocycles. The Kier molecular flexibility index (Phi) is 6.36. The van der Waals surface area contributed by atoms with E-state index in [9.17, 15) is 22.4 Å². The zero-order valence-corrected chi connectivity index (χ0v) is 17.4. The van der Waals surface area contributed by atoms with Crippen LogP contribution in [0.5, 0.6) is 0 Å². The number of alkyl carbamates (subject to hydrolysis) is 1. The third kappa shape index (κ3) is 5.01. The second kappa shape index (κ2) is 9.37. The van der Waals surface area contributed by atoms with Gasteiger partial charge in [0.2, 0.25) is 0 Å². The number of fused-ring (bicyclic) bond motifs is 3. The maximum absolute atomic E-state index is 13.7. The molecule has 3 aromatic carbocycles. The summed E-state index contributed by atoms with van der Waals surface area (Å²) < 4.78 is 57.3. The molecule has 0 aromatic heterocycles. The van der Waals surface area contributed by atoms with Crippen molar-refractivity contribution < 1.29 is 27.1 Å². The molecule has 0 atom stereocenters. The van der Waals surface area contributed by atoms with E-state index >= 15 is 0 Å².